The molecule has 20 heavy (non-hydrogen) atoms. The number of Topliss-reactive ketones (excluding diaryl/α,β-unsaturated/α-hetero) is 1. The number of esters is 1. The Labute approximate surface area is 117 Å². The van der Waals surface area contributed by atoms with Crippen molar-refractivity contribution in [2.45, 2.75) is 32.1 Å². The first-order valence-corrected chi connectivity index (χ1v) is 6.49. The number of benzene rings is 1. The predicted octanol–water partition coefficient (Wildman–Crippen LogP) is 2.16. The quantitative estimate of drug-likeness (QED) is 0.737. The maximum absolute atomic E-state index is 12.1. The highest BCUT2D eigenvalue weighted by molar-refractivity contribution is 5.91. The normalized spacial score (nSPS) is 11.7. The van der Waals surface area contributed by atoms with Crippen molar-refractivity contribution in [3.8, 4) is 0 Å². The monoisotopic (exact) mass is 278 g/mol. The average molecular weight is 278 g/mol. The summed E-state index contributed by atoms with van der Waals surface area (Å²) < 4.78 is 4.86. The van der Waals surface area contributed by atoms with Crippen LogP contribution >= 0.6 is 0 Å². The summed E-state index contributed by atoms with van der Waals surface area (Å²) in [6.07, 6.45) is -0.379. The van der Waals surface area contributed by atoms with Crippen LogP contribution in [0.1, 0.15) is 37.7 Å². The summed E-state index contributed by atoms with van der Waals surface area (Å²) in [5.74, 6) is -2.38. The molecule has 1 unspecified atom stereocenters. The van der Waals surface area contributed by atoms with E-state index in [9.17, 15) is 14.4 Å². The number of hydrogen-bond acceptors (Lipinski definition) is 4. The van der Waals surface area contributed by atoms with Gasteiger partial charge >= 0.3 is 11.9 Å². The van der Waals surface area contributed by atoms with Gasteiger partial charge in [-0.2, -0.15) is 0 Å². The van der Waals surface area contributed by atoms with Gasteiger partial charge in [-0.05, 0) is 12.5 Å². The van der Waals surface area contributed by atoms with Crippen LogP contribution in [-0.4, -0.2) is 29.4 Å². The Morgan fingerprint density at radius 3 is 2.35 bits per heavy atom. The van der Waals surface area contributed by atoms with E-state index < -0.39 is 17.9 Å². The topological polar surface area (TPSA) is 80.7 Å². The van der Waals surface area contributed by atoms with Crippen molar-refractivity contribution < 1.29 is 24.2 Å². The summed E-state index contributed by atoms with van der Waals surface area (Å²) in [4.78, 5) is 34.2. The zero-order valence-electron chi connectivity index (χ0n) is 11.4. The molecule has 0 heterocycles. The third kappa shape index (κ3) is 5.22. The van der Waals surface area contributed by atoms with Crippen molar-refractivity contribution in [2.75, 3.05) is 6.61 Å². The first-order chi connectivity index (χ1) is 9.54. The molecule has 5 nitrogen and oxygen atoms in total. The van der Waals surface area contributed by atoms with E-state index in [1.54, 1.807) is 31.2 Å². The van der Waals surface area contributed by atoms with Gasteiger partial charge in [0.25, 0.3) is 0 Å². The molecule has 0 spiro atoms. The summed E-state index contributed by atoms with van der Waals surface area (Å²) >= 11 is 0. The summed E-state index contributed by atoms with van der Waals surface area (Å²) in [5.41, 5.74) is 0.705. The molecule has 0 aromatic heterocycles. The molecule has 0 saturated heterocycles. The van der Waals surface area contributed by atoms with Crippen molar-refractivity contribution in [2.24, 2.45) is 0 Å². The van der Waals surface area contributed by atoms with Gasteiger partial charge in [0.15, 0.2) is 0 Å². The minimum atomic E-state index is -1.03. The first-order valence-electron chi connectivity index (χ1n) is 6.49. The van der Waals surface area contributed by atoms with Crippen molar-refractivity contribution in [1.82, 2.24) is 0 Å². The van der Waals surface area contributed by atoms with Crippen LogP contribution in [0.4, 0.5) is 0 Å². The first kappa shape index (κ1) is 15.9. The molecule has 1 aromatic carbocycles. The molecule has 0 fully saturated rings. The van der Waals surface area contributed by atoms with E-state index >= 15 is 0 Å². The molecule has 1 atom stereocenters. The Morgan fingerprint density at radius 1 is 1.15 bits per heavy atom. The van der Waals surface area contributed by atoms with Gasteiger partial charge in [0.2, 0.25) is 0 Å². The Morgan fingerprint density at radius 2 is 1.80 bits per heavy atom. The number of aliphatic carboxylic acids is 1. The highest BCUT2D eigenvalue weighted by Crippen LogP contribution is 2.23. The van der Waals surface area contributed by atoms with Gasteiger partial charge in [0, 0.05) is 6.42 Å². The van der Waals surface area contributed by atoms with Crippen molar-refractivity contribution in [3.63, 3.8) is 0 Å². The van der Waals surface area contributed by atoms with E-state index in [-0.39, 0.29) is 31.7 Å². The van der Waals surface area contributed by atoms with E-state index in [1.807, 2.05) is 6.07 Å². The molecule has 1 rings (SSSR count). The Hall–Kier alpha value is -2.17. The van der Waals surface area contributed by atoms with Crippen LogP contribution in [0, 0.1) is 0 Å². The Kier molecular flexibility index (Phi) is 6.43. The molecule has 0 aliphatic carbocycles. The van der Waals surface area contributed by atoms with Gasteiger partial charge in [0.1, 0.15) is 5.78 Å². The SMILES string of the molecule is CCOC(=O)CC(C(=O)CCC(=O)O)c1ccccc1. The fraction of sp³-hybridized carbons (Fsp3) is 0.400. The molecule has 1 N–H and O–H groups in total. The number of carbonyl (C=O) groups excluding carboxylic acids is 2. The lowest BCUT2D eigenvalue weighted by atomic mass is 9.89. The number of rotatable bonds is 8. The van der Waals surface area contributed by atoms with Crippen LogP contribution in [0.3, 0.4) is 0 Å². The third-order valence-electron chi connectivity index (χ3n) is 2.85. The van der Waals surface area contributed by atoms with E-state index in [2.05, 4.69) is 0 Å². The van der Waals surface area contributed by atoms with Crippen molar-refractivity contribution in [3.05, 3.63) is 35.9 Å². The van der Waals surface area contributed by atoms with Gasteiger partial charge in [-0.15, -0.1) is 0 Å². The van der Waals surface area contributed by atoms with E-state index in [0.29, 0.717) is 5.56 Å². The summed E-state index contributed by atoms with van der Waals surface area (Å²) in [5, 5.41) is 8.64. The second-order valence-electron chi connectivity index (χ2n) is 4.33. The summed E-state index contributed by atoms with van der Waals surface area (Å²) in [7, 11) is 0. The van der Waals surface area contributed by atoms with Crippen molar-refractivity contribution >= 4 is 17.7 Å². The maximum atomic E-state index is 12.1. The Bertz CT molecular complexity index is 466. The zero-order valence-corrected chi connectivity index (χ0v) is 11.4. The number of carbonyl (C=O) groups is 3. The number of ether oxygens (including phenoxy) is 1. The molecular weight excluding hydrogens is 260 g/mol. The largest absolute Gasteiger partial charge is 0.481 e. The third-order valence-corrected chi connectivity index (χ3v) is 2.85. The number of carboxylic acid groups (broad SMARTS) is 1. The number of hydrogen-bond donors (Lipinski definition) is 1. The standard InChI is InChI=1S/C15H18O5/c1-2-20-15(19)10-12(11-6-4-3-5-7-11)13(16)8-9-14(17)18/h3-7,12H,2,8-10H2,1H3,(H,17,18). The zero-order chi connectivity index (χ0) is 15.0. The minimum Gasteiger partial charge on any atom is -0.481 e. The van der Waals surface area contributed by atoms with Gasteiger partial charge in [-0.3, -0.25) is 14.4 Å². The lowest BCUT2D eigenvalue weighted by molar-refractivity contribution is -0.145. The molecule has 0 saturated carbocycles. The van der Waals surface area contributed by atoms with Crippen molar-refractivity contribution in [1.29, 1.82) is 0 Å². The molecular formula is C15H18O5. The van der Waals surface area contributed by atoms with E-state index in [1.165, 1.54) is 0 Å². The fourth-order valence-corrected chi connectivity index (χ4v) is 1.89. The second kappa shape index (κ2) is 8.09. The lowest BCUT2D eigenvalue weighted by Gasteiger charge is -2.15. The number of carboxylic acids is 1. The highest BCUT2D eigenvalue weighted by Gasteiger charge is 2.24. The van der Waals surface area contributed by atoms with Crippen LogP contribution in [-0.2, 0) is 19.1 Å². The van der Waals surface area contributed by atoms with Crippen LogP contribution in [0.5, 0.6) is 0 Å². The molecule has 0 radical (unpaired) electrons. The van der Waals surface area contributed by atoms with Gasteiger partial charge in [-0.25, -0.2) is 0 Å². The van der Waals surface area contributed by atoms with Crippen LogP contribution in [0.25, 0.3) is 0 Å². The van der Waals surface area contributed by atoms with Gasteiger partial charge in [0.05, 0.1) is 25.4 Å². The maximum Gasteiger partial charge on any atom is 0.306 e. The van der Waals surface area contributed by atoms with Crippen LogP contribution in [0.2, 0.25) is 0 Å². The predicted molar refractivity (Wildman–Crippen MR) is 72.3 cm³/mol. The lowest BCUT2D eigenvalue weighted by Crippen LogP contribution is -2.19. The second-order valence-corrected chi connectivity index (χ2v) is 4.33. The van der Waals surface area contributed by atoms with E-state index in [0.717, 1.165) is 0 Å². The van der Waals surface area contributed by atoms with Crippen LogP contribution < -0.4 is 0 Å². The molecule has 5 heteroatoms. The molecule has 0 bridgehead atoms. The average Bonchev–Trinajstić information content (AvgIpc) is 2.43. The molecule has 1 aromatic rings. The van der Waals surface area contributed by atoms with Gasteiger partial charge in [-0.1, -0.05) is 30.3 Å². The van der Waals surface area contributed by atoms with Gasteiger partial charge < -0.3 is 9.84 Å². The summed E-state index contributed by atoms with van der Waals surface area (Å²) in [6, 6.07) is 8.87. The molecule has 0 aliphatic heterocycles. The van der Waals surface area contributed by atoms with Crippen LogP contribution in [0.15, 0.2) is 30.3 Å². The molecule has 0 aliphatic rings. The molecule has 0 amide bonds. The fourth-order valence-electron chi connectivity index (χ4n) is 1.89. The Balaban J connectivity index is 2.81. The van der Waals surface area contributed by atoms with E-state index in [4.69, 9.17) is 9.84 Å². The smallest absolute Gasteiger partial charge is 0.306 e. The highest BCUT2D eigenvalue weighted by atomic mass is 16.5. The number of ketones is 1. The summed E-state index contributed by atoms with van der Waals surface area (Å²) in [6.45, 7) is 1.95. The molecule has 108 valence electrons. The minimum absolute atomic E-state index is 0.0592.